The van der Waals surface area contributed by atoms with E-state index in [4.69, 9.17) is 0 Å². The number of anilines is 1. The van der Waals surface area contributed by atoms with E-state index in [9.17, 15) is 18.0 Å². The van der Waals surface area contributed by atoms with Crippen LogP contribution in [0.3, 0.4) is 0 Å². The summed E-state index contributed by atoms with van der Waals surface area (Å²) in [5.74, 6) is -0.948. The Kier molecular flexibility index (Phi) is 6.47. The van der Waals surface area contributed by atoms with E-state index < -0.39 is 27.9 Å². The van der Waals surface area contributed by atoms with Crippen LogP contribution in [0.5, 0.6) is 0 Å². The van der Waals surface area contributed by atoms with Gasteiger partial charge in [0.2, 0.25) is 15.9 Å². The molecule has 2 heterocycles. The maximum atomic E-state index is 13.7. The summed E-state index contributed by atoms with van der Waals surface area (Å²) in [6.45, 7) is 0.0588. The molecular formula is C26H22IN3O4S. The molecule has 1 aliphatic rings. The zero-order valence-corrected chi connectivity index (χ0v) is 21.6. The highest BCUT2D eigenvalue weighted by Gasteiger charge is 2.46. The van der Waals surface area contributed by atoms with E-state index in [2.05, 4.69) is 27.6 Å². The van der Waals surface area contributed by atoms with Crippen LogP contribution in [0.15, 0.2) is 90.0 Å². The van der Waals surface area contributed by atoms with Gasteiger partial charge in [0.25, 0.3) is 5.91 Å². The number of nitrogens with one attached hydrogen (secondary N) is 1. The van der Waals surface area contributed by atoms with Gasteiger partial charge in [-0.2, -0.15) is 4.31 Å². The number of benzene rings is 3. The van der Waals surface area contributed by atoms with Gasteiger partial charge in [0.1, 0.15) is 6.04 Å². The number of aromatic nitrogens is 1. The lowest BCUT2D eigenvalue weighted by Crippen LogP contribution is -2.46. The highest BCUT2D eigenvalue weighted by atomic mass is 127. The SMILES string of the molecule is O=C1CC(N(CCc2c[nH]c3ccccc23)S(=O)(=O)c2ccccc2)C(=O)N1c1ccc(I)cc1. The van der Waals surface area contributed by atoms with Crippen molar-refractivity contribution < 1.29 is 18.0 Å². The number of sulfonamides is 1. The Morgan fingerprint density at radius 2 is 1.63 bits per heavy atom. The van der Waals surface area contributed by atoms with Crippen LogP contribution in [0.2, 0.25) is 0 Å². The molecule has 1 unspecified atom stereocenters. The van der Waals surface area contributed by atoms with Gasteiger partial charge in [-0.15, -0.1) is 0 Å². The Morgan fingerprint density at radius 3 is 2.37 bits per heavy atom. The van der Waals surface area contributed by atoms with Crippen LogP contribution in [0.25, 0.3) is 10.9 Å². The third-order valence-corrected chi connectivity index (χ3v) is 8.82. The molecular weight excluding hydrogens is 577 g/mol. The van der Waals surface area contributed by atoms with Gasteiger partial charge in [-0.25, -0.2) is 13.3 Å². The third kappa shape index (κ3) is 4.51. The number of fused-ring (bicyclic) bond motifs is 1. The number of hydrogen-bond acceptors (Lipinski definition) is 4. The number of carbonyl (C=O) groups is 2. The zero-order chi connectivity index (χ0) is 24.6. The van der Waals surface area contributed by atoms with Gasteiger partial charge in [-0.3, -0.25) is 9.59 Å². The monoisotopic (exact) mass is 599 g/mol. The van der Waals surface area contributed by atoms with Gasteiger partial charge >= 0.3 is 0 Å². The van der Waals surface area contributed by atoms with Crippen molar-refractivity contribution in [2.24, 2.45) is 0 Å². The van der Waals surface area contributed by atoms with Crippen molar-refractivity contribution in [3.63, 3.8) is 0 Å². The number of carbonyl (C=O) groups excluding carboxylic acids is 2. The second-order valence-electron chi connectivity index (χ2n) is 8.30. The molecule has 1 fully saturated rings. The van der Waals surface area contributed by atoms with Crippen LogP contribution in [0, 0.1) is 3.57 Å². The second kappa shape index (κ2) is 9.56. The molecule has 0 saturated carbocycles. The molecule has 5 rings (SSSR count). The number of aromatic amines is 1. The van der Waals surface area contributed by atoms with Crippen molar-refractivity contribution in [2.75, 3.05) is 11.4 Å². The summed E-state index contributed by atoms with van der Waals surface area (Å²) in [4.78, 5) is 30.8. The summed E-state index contributed by atoms with van der Waals surface area (Å²) in [6.07, 6.45) is 2.04. The molecule has 2 amide bonds. The third-order valence-electron chi connectivity index (χ3n) is 6.18. The molecule has 0 radical (unpaired) electrons. The van der Waals surface area contributed by atoms with Crippen molar-refractivity contribution in [3.8, 4) is 0 Å². The van der Waals surface area contributed by atoms with E-state index in [0.29, 0.717) is 12.1 Å². The minimum atomic E-state index is -4.04. The topological polar surface area (TPSA) is 90.5 Å². The van der Waals surface area contributed by atoms with E-state index in [1.807, 2.05) is 30.5 Å². The van der Waals surface area contributed by atoms with Crippen LogP contribution in [-0.4, -0.2) is 42.1 Å². The quantitative estimate of drug-likeness (QED) is 0.253. The van der Waals surface area contributed by atoms with E-state index in [0.717, 1.165) is 24.9 Å². The lowest BCUT2D eigenvalue weighted by atomic mass is 10.1. The average molecular weight is 599 g/mol. The highest BCUT2D eigenvalue weighted by Crippen LogP contribution is 2.30. The Balaban J connectivity index is 1.50. The van der Waals surface area contributed by atoms with Crippen molar-refractivity contribution in [3.05, 3.63) is 94.2 Å². The molecule has 9 heteroatoms. The van der Waals surface area contributed by atoms with Gasteiger partial charge in [-0.05, 0) is 77.0 Å². The molecule has 4 aromatic rings. The van der Waals surface area contributed by atoms with E-state index in [1.165, 1.54) is 16.4 Å². The van der Waals surface area contributed by atoms with Gasteiger partial charge in [0.05, 0.1) is 17.0 Å². The van der Waals surface area contributed by atoms with Gasteiger partial charge in [-0.1, -0.05) is 36.4 Å². The van der Waals surface area contributed by atoms with Crippen molar-refractivity contribution >= 4 is 61.0 Å². The minimum absolute atomic E-state index is 0.0588. The predicted octanol–water partition coefficient (Wildman–Crippen LogP) is 4.34. The van der Waals surface area contributed by atoms with E-state index in [1.54, 1.807) is 42.5 Å². The fraction of sp³-hybridized carbons (Fsp3) is 0.154. The molecule has 3 aromatic carbocycles. The Labute approximate surface area is 216 Å². The molecule has 0 spiro atoms. The van der Waals surface area contributed by atoms with Crippen LogP contribution in [0.4, 0.5) is 5.69 Å². The molecule has 35 heavy (non-hydrogen) atoms. The maximum Gasteiger partial charge on any atom is 0.252 e. The molecule has 178 valence electrons. The average Bonchev–Trinajstić information content (AvgIpc) is 3.40. The molecule has 7 nitrogen and oxygen atoms in total. The summed E-state index contributed by atoms with van der Waals surface area (Å²) in [5, 5.41) is 0.999. The number of H-pyrrole nitrogens is 1. The first-order valence-electron chi connectivity index (χ1n) is 11.1. The van der Waals surface area contributed by atoms with Gasteiger partial charge < -0.3 is 4.98 Å². The first kappa shape index (κ1) is 23.7. The molecule has 0 bridgehead atoms. The number of hydrogen-bond donors (Lipinski definition) is 1. The molecule has 1 atom stereocenters. The summed E-state index contributed by atoms with van der Waals surface area (Å²) >= 11 is 2.15. The Bertz CT molecular complexity index is 1500. The standard InChI is InChI=1S/C26H22IN3O4S/c27-19-10-12-20(13-11-19)30-25(31)16-24(26(30)32)29(35(33,34)21-6-2-1-3-7-21)15-14-18-17-28-23-9-5-4-8-22(18)23/h1-13,17,24,28H,14-16H2. The zero-order valence-electron chi connectivity index (χ0n) is 18.6. The maximum absolute atomic E-state index is 13.7. The Morgan fingerprint density at radius 1 is 0.943 bits per heavy atom. The lowest BCUT2D eigenvalue weighted by Gasteiger charge is -2.27. The fourth-order valence-corrected chi connectivity index (χ4v) is 6.41. The molecule has 0 aliphatic carbocycles. The van der Waals surface area contributed by atoms with Crippen molar-refractivity contribution in [1.82, 2.24) is 9.29 Å². The van der Waals surface area contributed by atoms with Crippen molar-refractivity contribution in [2.45, 2.75) is 23.8 Å². The van der Waals surface area contributed by atoms with Crippen LogP contribution in [0.1, 0.15) is 12.0 Å². The number of rotatable bonds is 7. The number of amides is 2. The minimum Gasteiger partial charge on any atom is -0.361 e. The molecule has 1 N–H and O–H groups in total. The number of nitrogens with zero attached hydrogens (tertiary/aromatic N) is 2. The number of para-hydroxylation sites is 1. The molecule has 1 saturated heterocycles. The largest absolute Gasteiger partial charge is 0.361 e. The van der Waals surface area contributed by atoms with Gasteiger partial charge in [0.15, 0.2) is 0 Å². The van der Waals surface area contributed by atoms with Crippen LogP contribution < -0.4 is 4.90 Å². The summed E-state index contributed by atoms with van der Waals surface area (Å²) in [5.41, 5.74) is 2.34. The summed E-state index contributed by atoms with van der Waals surface area (Å²) in [6, 6.07) is 21.7. The summed E-state index contributed by atoms with van der Waals surface area (Å²) in [7, 11) is -4.04. The first-order valence-corrected chi connectivity index (χ1v) is 13.6. The van der Waals surface area contributed by atoms with E-state index in [-0.39, 0.29) is 17.9 Å². The van der Waals surface area contributed by atoms with Gasteiger partial charge in [0, 0.05) is 27.2 Å². The predicted molar refractivity (Wildman–Crippen MR) is 142 cm³/mol. The second-order valence-corrected chi connectivity index (χ2v) is 11.4. The van der Waals surface area contributed by atoms with Crippen LogP contribution in [-0.2, 0) is 26.0 Å². The normalized spacial score (nSPS) is 16.5. The molecule has 1 aliphatic heterocycles. The smallest absolute Gasteiger partial charge is 0.252 e. The van der Waals surface area contributed by atoms with Crippen molar-refractivity contribution in [1.29, 1.82) is 0 Å². The lowest BCUT2D eigenvalue weighted by molar-refractivity contribution is -0.122. The summed E-state index contributed by atoms with van der Waals surface area (Å²) < 4.78 is 29.6. The highest BCUT2D eigenvalue weighted by molar-refractivity contribution is 14.1. The molecule has 1 aromatic heterocycles. The number of halogens is 1. The Hall–Kier alpha value is -3.02. The van der Waals surface area contributed by atoms with Crippen LogP contribution >= 0.6 is 22.6 Å². The number of imide groups is 1. The first-order chi connectivity index (χ1) is 16.9. The van der Waals surface area contributed by atoms with E-state index >= 15 is 0 Å². The fourth-order valence-electron chi connectivity index (χ4n) is 4.44.